The molecule has 0 fully saturated rings. The van der Waals surface area contributed by atoms with E-state index in [1.54, 1.807) is 11.3 Å². The zero-order valence-corrected chi connectivity index (χ0v) is 13.0. The largest absolute Gasteiger partial charge is 0.320 e. The molecule has 1 nitrogen and oxygen atoms in total. The minimum atomic E-state index is -0.0574. The van der Waals surface area contributed by atoms with Crippen molar-refractivity contribution in [2.24, 2.45) is 5.73 Å². The molecule has 1 unspecified atom stereocenters. The maximum absolute atomic E-state index is 6.47. The third-order valence-corrected chi connectivity index (χ3v) is 5.22. The van der Waals surface area contributed by atoms with Crippen molar-refractivity contribution in [2.75, 3.05) is 0 Å². The van der Waals surface area contributed by atoms with Gasteiger partial charge >= 0.3 is 0 Å². The molecule has 3 rings (SSSR count). The topological polar surface area (TPSA) is 26.0 Å². The standard InChI is InChI=1S/C16H14BrNS/c1-10-8-9-19-16(10)15(18)13-6-7-14(17)12-5-3-2-4-11(12)13/h2-9,15H,18H2,1H3. The van der Waals surface area contributed by atoms with Crippen LogP contribution in [-0.4, -0.2) is 0 Å². The highest BCUT2D eigenvalue weighted by atomic mass is 79.9. The summed E-state index contributed by atoms with van der Waals surface area (Å²) in [7, 11) is 0. The number of aryl methyl sites for hydroxylation is 1. The number of nitrogens with two attached hydrogens (primary N) is 1. The van der Waals surface area contributed by atoms with Crippen LogP contribution in [0.15, 0.2) is 52.3 Å². The summed E-state index contributed by atoms with van der Waals surface area (Å²) in [6.07, 6.45) is 0. The Hall–Kier alpha value is -1.16. The zero-order chi connectivity index (χ0) is 13.4. The fourth-order valence-corrected chi connectivity index (χ4v) is 3.83. The molecule has 0 saturated carbocycles. The van der Waals surface area contributed by atoms with Crippen LogP contribution in [-0.2, 0) is 0 Å². The van der Waals surface area contributed by atoms with E-state index < -0.39 is 0 Å². The van der Waals surface area contributed by atoms with Crippen LogP contribution in [0.3, 0.4) is 0 Å². The molecular weight excluding hydrogens is 318 g/mol. The molecule has 2 aromatic carbocycles. The molecule has 3 aromatic rings. The lowest BCUT2D eigenvalue weighted by atomic mass is 9.97. The molecule has 0 bridgehead atoms. The molecular formula is C16H14BrNS. The van der Waals surface area contributed by atoms with Gasteiger partial charge in [-0.2, -0.15) is 0 Å². The SMILES string of the molecule is Cc1ccsc1C(N)c1ccc(Br)c2ccccc12. The number of hydrogen-bond acceptors (Lipinski definition) is 2. The Morgan fingerprint density at radius 3 is 2.47 bits per heavy atom. The summed E-state index contributed by atoms with van der Waals surface area (Å²) in [5.41, 5.74) is 8.93. The van der Waals surface area contributed by atoms with E-state index in [-0.39, 0.29) is 6.04 Å². The summed E-state index contributed by atoms with van der Waals surface area (Å²) >= 11 is 5.33. The molecule has 0 spiro atoms. The monoisotopic (exact) mass is 331 g/mol. The molecule has 0 aliphatic heterocycles. The molecule has 0 amide bonds. The second kappa shape index (κ2) is 5.08. The Bertz CT molecular complexity index is 732. The summed E-state index contributed by atoms with van der Waals surface area (Å²) in [6.45, 7) is 2.12. The van der Waals surface area contributed by atoms with E-state index in [1.807, 2.05) is 0 Å². The summed E-state index contributed by atoms with van der Waals surface area (Å²) in [5, 5.41) is 4.54. The number of hydrogen-bond donors (Lipinski definition) is 1. The van der Waals surface area contributed by atoms with Crippen molar-refractivity contribution < 1.29 is 0 Å². The highest BCUT2D eigenvalue weighted by Gasteiger charge is 2.16. The van der Waals surface area contributed by atoms with Gasteiger partial charge in [0.05, 0.1) is 6.04 Å². The van der Waals surface area contributed by atoms with Crippen LogP contribution in [0, 0.1) is 6.92 Å². The molecule has 0 saturated heterocycles. The quantitative estimate of drug-likeness (QED) is 0.700. The Kier molecular flexibility index (Phi) is 3.44. The number of halogens is 1. The lowest BCUT2D eigenvalue weighted by molar-refractivity contribution is 0.894. The van der Waals surface area contributed by atoms with Crippen molar-refractivity contribution in [3.63, 3.8) is 0 Å². The van der Waals surface area contributed by atoms with Crippen molar-refractivity contribution in [3.8, 4) is 0 Å². The van der Waals surface area contributed by atoms with Crippen molar-refractivity contribution in [1.82, 2.24) is 0 Å². The number of thiophene rings is 1. The van der Waals surface area contributed by atoms with E-state index in [0.29, 0.717) is 0 Å². The molecule has 19 heavy (non-hydrogen) atoms. The van der Waals surface area contributed by atoms with Crippen molar-refractivity contribution >= 4 is 38.0 Å². The van der Waals surface area contributed by atoms with E-state index in [0.717, 1.165) is 4.47 Å². The lowest BCUT2D eigenvalue weighted by Gasteiger charge is -2.15. The van der Waals surface area contributed by atoms with Gasteiger partial charge in [0, 0.05) is 9.35 Å². The maximum atomic E-state index is 6.47. The first kappa shape index (κ1) is 12.9. The predicted octanol–water partition coefficient (Wildman–Crippen LogP) is 5.02. The van der Waals surface area contributed by atoms with Crippen molar-refractivity contribution in [3.05, 3.63) is 68.3 Å². The third-order valence-electron chi connectivity index (χ3n) is 3.42. The summed E-state index contributed by atoms with van der Waals surface area (Å²) in [6, 6.07) is 14.6. The summed E-state index contributed by atoms with van der Waals surface area (Å²) in [4.78, 5) is 1.24. The predicted molar refractivity (Wildman–Crippen MR) is 86.7 cm³/mol. The van der Waals surface area contributed by atoms with Gasteiger partial charge in [-0.3, -0.25) is 0 Å². The van der Waals surface area contributed by atoms with Crippen LogP contribution in [0.25, 0.3) is 10.8 Å². The normalized spacial score (nSPS) is 12.8. The van der Waals surface area contributed by atoms with Crippen LogP contribution < -0.4 is 5.73 Å². The van der Waals surface area contributed by atoms with Gasteiger partial charge in [-0.25, -0.2) is 0 Å². The molecule has 3 heteroatoms. The first-order valence-electron chi connectivity index (χ1n) is 6.15. The van der Waals surface area contributed by atoms with E-state index in [4.69, 9.17) is 5.73 Å². The third kappa shape index (κ3) is 2.22. The number of benzene rings is 2. The number of fused-ring (bicyclic) bond motifs is 1. The Morgan fingerprint density at radius 2 is 1.79 bits per heavy atom. The van der Waals surface area contributed by atoms with Gasteiger partial charge in [0.25, 0.3) is 0 Å². The minimum absolute atomic E-state index is 0.0574. The van der Waals surface area contributed by atoms with Crippen LogP contribution >= 0.6 is 27.3 Å². The van der Waals surface area contributed by atoms with Gasteiger partial charge in [0.2, 0.25) is 0 Å². The second-order valence-electron chi connectivity index (χ2n) is 4.63. The highest BCUT2D eigenvalue weighted by Crippen LogP contribution is 2.34. The van der Waals surface area contributed by atoms with Crippen LogP contribution in [0.1, 0.15) is 22.0 Å². The Morgan fingerprint density at radius 1 is 1.05 bits per heavy atom. The van der Waals surface area contributed by atoms with E-state index in [2.05, 4.69) is 70.7 Å². The van der Waals surface area contributed by atoms with Gasteiger partial charge in [-0.05, 0) is 46.3 Å². The Labute approximate surface area is 125 Å². The molecule has 0 aliphatic rings. The second-order valence-corrected chi connectivity index (χ2v) is 6.43. The highest BCUT2D eigenvalue weighted by molar-refractivity contribution is 9.10. The van der Waals surface area contributed by atoms with E-state index >= 15 is 0 Å². The van der Waals surface area contributed by atoms with Crippen LogP contribution in [0.2, 0.25) is 0 Å². The molecule has 1 atom stereocenters. The van der Waals surface area contributed by atoms with Gasteiger partial charge < -0.3 is 5.73 Å². The Balaban J connectivity index is 2.21. The van der Waals surface area contributed by atoms with Crippen LogP contribution in [0.5, 0.6) is 0 Å². The first-order valence-corrected chi connectivity index (χ1v) is 7.82. The lowest BCUT2D eigenvalue weighted by Crippen LogP contribution is -2.11. The minimum Gasteiger partial charge on any atom is -0.320 e. The van der Waals surface area contributed by atoms with E-state index in [9.17, 15) is 0 Å². The summed E-state index contributed by atoms with van der Waals surface area (Å²) < 4.78 is 1.11. The van der Waals surface area contributed by atoms with Gasteiger partial charge in [-0.1, -0.05) is 46.3 Å². The maximum Gasteiger partial charge on any atom is 0.0654 e. The average molecular weight is 332 g/mol. The fraction of sp³-hybridized carbons (Fsp3) is 0.125. The molecule has 96 valence electrons. The molecule has 0 aliphatic carbocycles. The molecule has 0 radical (unpaired) electrons. The van der Waals surface area contributed by atoms with Crippen molar-refractivity contribution in [2.45, 2.75) is 13.0 Å². The first-order chi connectivity index (χ1) is 9.18. The van der Waals surface area contributed by atoms with Crippen molar-refractivity contribution in [1.29, 1.82) is 0 Å². The average Bonchev–Trinajstić information content (AvgIpc) is 2.85. The molecule has 2 N–H and O–H groups in total. The number of rotatable bonds is 2. The summed E-state index contributed by atoms with van der Waals surface area (Å²) in [5.74, 6) is 0. The zero-order valence-electron chi connectivity index (χ0n) is 10.6. The van der Waals surface area contributed by atoms with E-state index in [1.165, 1.54) is 26.8 Å². The van der Waals surface area contributed by atoms with Gasteiger partial charge in [0.15, 0.2) is 0 Å². The van der Waals surface area contributed by atoms with Gasteiger partial charge in [0.1, 0.15) is 0 Å². The van der Waals surface area contributed by atoms with Gasteiger partial charge in [-0.15, -0.1) is 11.3 Å². The molecule has 1 heterocycles. The van der Waals surface area contributed by atoms with Crippen LogP contribution in [0.4, 0.5) is 0 Å². The fourth-order valence-electron chi connectivity index (χ4n) is 2.40. The molecule has 1 aromatic heterocycles. The smallest absolute Gasteiger partial charge is 0.0654 e.